The van der Waals surface area contributed by atoms with Gasteiger partial charge >= 0.3 is 0 Å². The van der Waals surface area contributed by atoms with Crippen molar-refractivity contribution >= 4 is 35.0 Å². The number of rotatable bonds is 7. The predicted molar refractivity (Wildman–Crippen MR) is 95.3 cm³/mol. The van der Waals surface area contributed by atoms with Crippen LogP contribution in [-0.2, 0) is 11.3 Å². The van der Waals surface area contributed by atoms with Crippen LogP contribution in [0.15, 0.2) is 36.4 Å². The highest BCUT2D eigenvalue weighted by atomic mass is 35.5. The van der Waals surface area contributed by atoms with E-state index in [1.165, 1.54) is 19.2 Å². The van der Waals surface area contributed by atoms with Gasteiger partial charge in [-0.2, -0.15) is 0 Å². The molecule has 2 rings (SSSR count). The van der Waals surface area contributed by atoms with E-state index in [0.717, 1.165) is 5.56 Å². The summed E-state index contributed by atoms with van der Waals surface area (Å²) in [6.07, 6.45) is 0. The van der Waals surface area contributed by atoms with E-state index < -0.39 is 5.91 Å². The Hall–Kier alpha value is -2.44. The zero-order valence-corrected chi connectivity index (χ0v) is 14.9. The molecule has 25 heavy (non-hydrogen) atoms. The maximum Gasteiger partial charge on any atom is 0.255 e. The van der Waals surface area contributed by atoms with Crippen LogP contribution in [0.4, 0.5) is 0 Å². The van der Waals surface area contributed by atoms with Crippen molar-refractivity contribution in [1.82, 2.24) is 5.32 Å². The molecule has 0 aliphatic heterocycles. The first kappa shape index (κ1) is 18.9. The summed E-state index contributed by atoms with van der Waals surface area (Å²) >= 11 is 11.9. The number of primary amides is 1. The van der Waals surface area contributed by atoms with Crippen LogP contribution in [0, 0.1) is 0 Å². The van der Waals surface area contributed by atoms with Crippen molar-refractivity contribution in [3.05, 3.63) is 57.6 Å². The molecule has 0 heterocycles. The van der Waals surface area contributed by atoms with E-state index in [2.05, 4.69) is 5.32 Å². The number of ether oxygens (including phenoxy) is 2. The van der Waals surface area contributed by atoms with Crippen LogP contribution < -0.4 is 20.5 Å². The Labute approximate surface area is 154 Å². The molecule has 0 aliphatic rings. The molecule has 0 spiro atoms. The van der Waals surface area contributed by atoms with Gasteiger partial charge in [0.2, 0.25) is 0 Å². The highest BCUT2D eigenvalue weighted by Gasteiger charge is 2.12. The van der Waals surface area contributed by atoms with Gasteiger partial charge in [0.15, 0.2) is 18.1 Å². The van der Waals surface area contributed by atoms with Crippen molar-refractivity contribution < 1.29 is 19.1 Å². The van der Waals surface area contributed by atoms with E-state index in [1.807, 2.05) is 0 Å². The second-order valence-electron chi connectivity index (χ2n) is 5.04. The largest absolute Gasteiger partial charge is 0.493 e. The third kappa shape index (κ3) is 5.27. The van der Waals surface area contributed by atoms with Crippen LogP contribution in [-0.4, -0.2) is 25.5 Å². The highest BCUT2D eigenvalue weighted by Crippen LogP contribution is 2.28. The van der Waals surface area contributed by atoms with Gasteiger partial charge in [-0.05, 0) is 35.9 Å². The monoisotopic (exact) mass is 382 g/mol. The molecule has 2 aromatic rings. The Bertz CT molecular complexity index is 796. The van der Waals surface area contributed by atoms with Crippen LogP contribution in [0.3, 0.4) is 0 Å². The number of benzene rings is 2. The van der Waals surface area contributed by atoms with Crippen molar-refractivity contribution in [3.8, 4) is 11.5 Å². The Kier molecular flexibility index (Phi) is 6.50. The minimum atomic E-state index is -0.608. The van der Waals surface area contributed by atoms with Crippen molar-refractivity contribution in [2.24, 2.45) is 5.73 Å². The Morgan fingerprint density at radius 1 is 1.12 bits per heavy atom. The van der Waals surface area contributed by atoms with Crippen molar-refractivity contribution in [2.75, 3.05) is 13.7 Å². The van der Waals surface area contributed by atoms with Gasteiger partial charge in [0, 0.05) is 22.2 Å². The Morgan fingerprint density at radius 2 is 1.88 bits per heavy atom. The number of methoxy groups -OCH3 is 1. The molecule has 0 saturated carbocycles. The molecule has 0 aromatic heterocycles. The zero-order chi connectivity index (χ0) is 18.4. The number of carbonyl (C=O) groups excluding carboxylic acids is 2. The summed E-state index contributed by atoms with van der Waals surface area (Å²) < 4.78 is 10.4. The molecule has 2 aromatic carbocycles. The molecule has 0 radical (unpaired) electrons. The topological polar surface area (TPSA) is 90.7 Å². The van der Waals surface area contributed by atoms with Gasteiger partial charge in [0.1, 0.15) is 0 Å². The molecule has 0 atom stereocenters. The number of hydrogen-bond acceptors (Lipinski definition) is 4. The number of hydrogen-bond donors (Lipinski definition) is 2. The lowest BCUT2D eigenvalue weighted by molar-refractivity contribution is -0.119. The van der Waals surface area contributed by atoms with Crippen LogP contribution >= 0.6 is 23.2 Å². The lowest BCUT2D eigenvalue weighted by Crippen LogP contribution is -2.23. The molecular weight excluding hydrogens is 367 g/mol. The fourth-order valence-electron chi connectivity index (χ4n) is 2.02. The van der Waals surface area contributed by atoms with Gasteiger partial charge in [-0.25, -0.2) is 0 Å². The normalized spacial score (nSPS) is 10.2. The molecule has 0 saturated heterocycles. The van der Waals surface area contributed by atoms with E-state index in [1.54, 1.807) is 24.3 Å². The molecule has 8 heteroatoms. The number of carbonyl (C=O) groups is 2. The van der Waals surface area contributed by atoms with Crippen LogP contribution in [0.25, 0.3) is 0 Å². The number of nitrogens with two attached hydrogens (primary N) is 1. The molecule has 0 bridgehead atoms. The summed E-state index contributed by atoms with van der Waals surface area (Å²) in [7, 11) is 1.43. The molecule has 0 unspecified atom stereocenters. The van der Waals surface area contributed by atoms with E-state index in [9.17, 15) is 9.59 Å². The average molecular weight is 383 g/mol. The van der Waals surface area contributed by atoms with Gasteiger partial charge in [-0.1, -0.05) is 29.3 Å². The first-order chi connectivity index (χ1) is 11.9. The summed E-state index contributed by atoms with van der Waals surface area (Å²) in [6.45, 7) is -0.0337. The minimum absolute atomic E-state index is 0.247. The fourth-order valence-corrected chi connectivity index (χ4v) is 2.49. The van der Waals surface area contributed by atoms with Gasteiger partial charge in [0.05, 0.1) is 7.11 Å². The van der Waals surface area contributed by atoms with Crippen molar-refractivity contribution in [1.29, 1.82) is 0 Å². The summed E-state index contributed by atoms with van der Waals surface area (Å²) in [6, 6.07) is 9.65. The average Bonchev–Trinajstić information content (AvgIpc) is 2.58. The van der Waals surface area contributed by atoms with E-state index in [0.29, 0.717) is 27.1 Å². The second-order valence-corrected chi connectivity index (χ2v) is 5.88. The minimum Gasteiger partial charge on any atom is -0.493 e. The molecule has 0 fully saturated rings. The third-order valence-electron chi connectivity index (χ3n) is 3.25. The summed E-state index contributed by atoms with van der Waals surface area (Å²) in [5.74, 6) is -0.286. The number of nitrogens with one attached hydrogen (secondary N) is 1. The molecule has 6 nitrogen and oxygen atoms in total. The third-order valence-corrected chi connectivity index (χ3v) is 3.84. The first-order valence-electron chi connectivity index (χ1n) is 7.22. The maximum atomic E-state index is 12.3. The first-order valence-corrected chi connectivity index (χ1v) is 7.97. The van der Waals surface area contributed by atoms with E-state index in [4.69, 9.17) is 38.4 Å². The molecule has 0 aliphatic carbocycles. The Balaban J connectivity index is 2.07. The van der Waals surface area contributed by atoms with E-state index in [-0.39, 0.29) is 19.1 Å². The van der Waals surface area contributed by atoms with Crippen molar-refractivity contribution in [2.45, 2.75) is 6.54 Å². The van der Waals surface area contributed by atoms with Gasteiger partial charge < -0.3 is 20.5 Å². The SMILES string of the molecule is COc1cc(C(=O)NCc2ccc(Cl)cc2Cl)ccc1OCC(N)=O. The lowest BCUT2D eigenvalue weighted by Gasteiger charge is -2.12. The Morgan fingerprint density at radius 3 is 2.52 bits per heavy atom. The van der Waals surface area contributed by atoms with Crippen LogP contribution in [0.5, 0.6) is 11.5 Å². The quantitative estimate of drug-likeness (QED) is 0.769. The summed E-state index contributed by atoms with van der Waals surface area (Å²) in [5.41, 5.74) is 6.15. The summed E-state index contributed by atoms with van der Waals surface area (Å²) in [5, 5.41) is 3.76. The molecule has 2 amide bonds. The smallest absolute Gasteiger partial charge is 0.255 e. The van der Waals surface area contributed by atoms with E-state index >= 15 is 0 Å². The second kappa shape index (κ2) is 8.60. The lowest BCUT2D eigenvalue weighted by atomic mass is 10.1. The number of amides is 2. The zero-order valence-electron chi connectivity index (χ0n) is 13.3. The fraction of sp³-hybridized carbons (Fsp3) is 0.176. The van der Waals surface area contributed by atoms with Gasteiger partial charge in [-0.15, -0.1) is 0 Å². The molecule has 3 N–H and O–H groups in total. The highest BCUT2D eigenvalue weighted by molar-refractivity contribution is 6.35. The van der Waals surface area contributed by atoms with Crippen LogP contribution in [0.1, 0.15) is 15.9 Å². The predicted octanol–water partition coefficient (Wildman–Crippen LogP) is 2.80. The van der Waals surface area contributed by atoms with Gasteiger partial charge in [0.25, 0.3) is 11.8 Å². The standard InChI is InChI=1S/C17H16Cl2N2O4/c1-24-15-6-10(3-5-14(15)25-9-16(20)22)17(23)21-8-11-2-4-12(18)7-13(11)19/h2-7H,8-9H2,1H3,(H2,20,22)(H,21,23). The van der Waals surface area contributed by atoms with Gasteiger partial charge in [-0.3, -0.25) is 9.59 Å². The molecule has 132 valence electrons. The summed E-state index contributed by atoms with van der Waals surface area (Å²) in [4.78, 5) is 23.1. The van der Waals surface area contributed by atoms with Crippen molar-refractivity contribution in [3.63, 3.8) is 0 Å². The maximum absolute atomic E-state index is 12.3. The van der Waals surface area contributed by atoms with Crippen LogP contribution in [0.2, 0.25) is 10.0 Å². The number of halogens is 2. The molecular formula is C17H16Cl2N2O4.